The SMILES string of the molecule is CC1CN(CC(C)(C)C(C)N)CC(C)N1C. The van der Waals surface area contributed by atoms with Crippen LogP contribution in [0.1, 0.15) is 34.6 Å². The lowest BCUT2D eigenvalue weighted by Crippen LogP contribution is -2.57. The van der Waals surface area contributed by atoms with Crippen LogP contribution in [-0.4, -0.2) is 54.6 Å². The molecule has 2 N–H and O–H groups in total. The van der Waals surface area contributed by atoms with Gasteiger partial charge < -0.3 is 5.73 Å². The quantitative estimate of drug-likeness (QED) is 0.791. The highest BCUT2D eigenvalue weighted by molar-refractivity contribution is 4.88. The highest BCUT2D eigenvalue weighted by Gasteiger charge is 2.31. The first-order valence-corrected chi connectivity index (χ1v) is 6.44. The summed E-state index contributed by atoms with van der Waals surface area (Å²) in [4.78, 5) is 5.04. The molecule has 0 aromatic rings. The van der Waals surface area contributed by atoms with Gasteiger partial charge in [-0.3, -0.25) is 9.80 Å². The normalized spacial score (nSPS) is 31.7. The van der Waals surface area contributed by atoms with E-state index in [2.05, 4.69) is 51.5 Å². The zero-order valence-corrected chi connectivity index (χ0v) is 11.8. The van der Waals surface area contributed by atoms with Crippen molar-refractivity contribution in [2.24, 2.45) is 11.1 Å². The fraction of sp³-hybridized carbons (Fsp3) is 1.00. The number of likely N-dealkylation sites (N-methyl/N-ethyl adjacent to an activating group) is 1. The van der Waals surface area contributed by atoms with Gasteiger partial charge in [0.25, 0.3) is 0 Å². The van der Waals surface area contributed by atoms with Gasteiger partial charge in [0.05, 0.1) is 0 Å². The third-order valence-electron chi connectivity index (χ3n) is 4.30. The molecule has 0 aromatic heterocycles. The summed E-state index contributed by atoms with van der Waals surface area (Å²) in [5.41, 5.74) is 6.25. The lowest BCUT2D eigenvalue weighted by molar-refractivity contribution is 0.0342. The smallest absolute Gasteiger partial charge is 0.0195 e. The molecule has 0 aromatic carbocycles. The van der Waals surface area contributed by atoms with E-state index in [-0.39, 0.29) is 11.5 Å². The number of piperazine rings is 1. The van der Waals surface area contributed by atoms with Crippen molar-refractivity contribution in [3.05, 3.63) is 0 Å². The molecule has 1 rings (SSSR count). The summed E-state index contributed by atoms with van der Waals surface area (Å²) in [5.74, 6) is 0. The third kappa shape index (κ3) is 3.19. The van der Waals surface area contributed by atoms with Gasteiger partial charge in [0.2, 0.25) is 0 Å². The molecular weight excluding hydrogens is 198 g/mol. The van der Waals surface area contributed by atoms with Crippen LogP contribution in [0.4, 0.5) is 0 Å². The molecule has 16 heavy (non-hydrogen) atoms. The summed E-state index contributed by atoms with van der Waals surface area (Å²) in [6.45, 7) is 14.7. The molecule has 3 heteroatoms. The summed E-state index contributed by atoms with van der Waals surface area (Å²) in [6.07, 6.45) is 0. The topological polar surface area (TPSA) is 32.5 Å². The predicted octanol–water partition coefficient (Wildman–Crippen LogP) is 1.38. The van der Waals surface area contributed by atoms with Crippen LogP contribution in [-0.2, 0) is 0 Å². The molecule has 1 aliphatic rings. The Hall–Kier alpha value is -0.120. The zero-order valence-electron chi connectivity index (χ0n) is 11.8. The Labute approximate surface area is 101 Å². The van der Waals surface area contributed by atoms with E-state index in [0.717, 1.165) is 19.6 Å². The monoisotopic (exact) mass is 227 g/mol. The Morgan fingerprint density at radius 3 is 2.06 bits per heavy atom. The van der Waals surface area contributed by atoms with Crippen molar-refractivity contribution in [1.82, 2.24) is 9.80 Å². The van der Waals surface area contributed by atoms with Crippen LogP contribution in [0, 0.1) is 5.41 Å². The van der Waals surface area contributed by atoms with Gasteiger partial charge in [-0.15, -0.1) is 0 Å². The van der Waals surface area contributed by atoms with E-state index in [1.165, 1.54) is 0 Å². The molecule has 3 unspecified atom stereocenters. The van der Waals surface area contributed by atoms with E-state index in [9.17, 15) is 0 Å². The molecule has 0 saturated carbocycles. The van der Waals surface area contributed by atoms with Gasteiger partial charge in [-0.25, -0.2) is 0 Å². The standard InChI is InChI=1S/C13H29N3/c1-10-7-16(8-11(2)15(10)6)9-13(4,5)12(3)14/h10-12H,7-9,14H2,1-6H3. The van der Waals surface area contributed by atoms with Crippen molar-refractivity contribution < 1.29 is 0 Å². The summed E-state index contributed by atoms with van der Waals surface area (Å²) in [6, 6.07) is 1.54. The average Bonchev–Trinajstić information content (AvgIpc) is 2.13. The van der Waals surface area contributed by atoms with E-state index in [1.54, 1.807) is 0 Å². The minimum absolute atomic E-state index is 0.204. The van der Waals surface area contributed by atoms with Crippen LogP contribution in [0.15, 0.2) is 0 Å². The maximum atomic E-state index is 6.05. The number of rotatable bonds is 3. The maximum Gasteiger partial charge on any atom is 0.0195 e. The van der Waals surface area contributed by atoms with Crippen LogP contribution in [0.3, 0.4) is 0 Å². The van der Waals surface area contributed by atoms with Crippen LogP contribution in [0.5, 0.6) is 0 Å². The highest BCUT2D eigenvalue weighted by atomic mass is 15.3. The van der Waals surface area contributed by atoms with Gasteiger partial charge in [0.15, 0.2) is 0 Å². The molecule has 1 saturated heterocycles. The van der Waals surface area contributed by atoms with Crippen molar-refractivity contribution >= 4 is 0 Å². The van der Waals surface area contributed by atoms with Crippen LogP contribution in [0.2, 0.25) is 0 Å². The van der Waals surface area contributed by atoms with Gasteiger partial charge in [-0.1, -0.05) is 13.8 Å². The molecule has 0 spiro atoms. The summed E-state index contributed by atoms with van der Waals surface area (Å²) in [5, 5.41) is 0. The molecule has 0 amide bonds. The lowest BCUT2D eigenvalue weighted by Gasteiger charge is -2.45. The largest absolute Gasteiger partial charge is 0.327 e. The zero-order chi connectivity index (χ0) is 12.5. The number of nitrogens with two attached hydrogens (primary N) is 1. The average molecular weight is 227 g/mol. The summed E-state index contributed by atoms with van der Waals surface area (Å²) < 4.78 is 0. The molecule has 0 radical (unpaired) electrons. The van der Waals surface area contributed by atoms with Gasteiger partial charge in [0.1, 0.15) is 0 Å². The fourth-order valence-corrected chi connectivity index (χ4v) is 2.36. The van der Waals surface area contributed by atoms with E-state index in [4.69, 9.17) is 5.73 Å². The molecule has 96 valence electrons. The predicted molar refractivity (Wildman–Crippen MR) is 70.6 cm³/mol. The van der Waals surface area contributed by atoms with Crippen LogP contribution in [0.25, 0.3) is 0 Å². The number of nitrogens with zero attached hydrogens (tertiary/aromatic N) is 2. The Balaban J connectivity index is 2.57. The van der Waals surface area contributed by atoms with Gasteiger partial charge in [-0.05, 0) is 33.2 Å². The highest BCUT2D eigenvalue weighted by Crippen LogP contribution is 2.23. The molecule has 0 bridgehead atoms. The minimum atomic E-state index is 0.204. The summed E-state index contributed by atoms with van der Waals surface area (Å²) in [7, 11) is 2.23. The maximum absolute atomic E-state index is 6.05. The Morgan fingerprint density at radius 1 is 1.25 bits per heavy atom. The van der Waals surface area contributed by atoms with E-state index >= 15 is 0 Å². The van der Waals surface area contributed by atoms with Gasteiger partial charge >= 0.3 is 0 Å². The van der Waals surface area contributed by atoms with Gasteiger partial charge in [-0.2, -0.15) is 0 Å². The Morgan fingerprint density at radius 2 is 1.69 bits per heavy atom. The second kappa shape index (κ2) is 5.03. The fourth-order valence-electron chi connectivity index (χ4n) is 2.36. The van der Waals surface area contributed by atoms with Crippen molar-refractivity contribution in [3.63, 3.8) is 0 Å². The van der Waals surface area contributed by atoms with Crippen molar-refractivity contribution in [3.8, 4) is 0 Å². The molecule has 1 fully saturated rings. The van der Waals surface area contributed by atoms with E-state index < -0.39 is 0 Å². The Kier molecular flexibility index (Phi) is 4.38. The van der Waals surface area contributed by atoms with Crippen molar-refractivity contribution in [1.29, 1.82) is 0 Å². The van der Waals surface area contributed by atoms with Crippen molar-refractivity contribution in [2.45, 2.75) is 52.7 Å². The molecular formula is C13H29N3. The first-order valence-electron chi connectivity index (χ1n) is 6.44. The summed E-state index contributed by atoms with van der Waals surface area (Å²) >= 11 is 0. The molecule has 3 nitrogen and oxygen atoms in total. The first-order chi connectivity index (χ1) is 7.24. The second-order valence-electron chi connectivity index (χ2n) is 6.33. The third-order valence-corrected chi connectivity index (χ3v) is 4.30. The molecule has 1 aliphatic heterocycles. The van der Waals surface area contributed by atoms with Crippen LogP contribution >= 0.6 is 0 Å². The van der Waals surface area contributed by atoms with E-state index in [1.807, 2.05) is 0 Å². The van der Waals surface area contributed by atoms with Gasteiger partial charge in [0, 0.05) is 37.8 Å². The lowest BCUT2D eigenvalue weighted by atomic mass is 9.85. The first kappa shape index (κ1) is 13.9. The minimum Gasteiger partial charge on any atom is -0.327 e. The van der Waals surface area contributed by atoms with E-state index in [0.29, 0.717) is 12.1 Å². The van der Waals surface area contributed by atoms with Crippen molar-refractivity contribution in [2.75, 3.05) is 26.7 Å². The number of hydrogen-bond acceptors (Lipinski definition) is 3. The number of hydrogen-bond donors (Lipinski definition) is 1. The molecule has 1 heterocycles. The van der Waals surface area contributed by atoms with Crippen LogP contribution < -0.4 is 5.73 Å². The second-order valence-corrected chi connectivity index (χ2v) is 6.33. The Bertz CT molecular complexity index is 213. The molecule has 3 atom stereocenters. The molecule has 0 aliphatic carbocycles.